The summed E-state index contributed by atoms with van der Waals surface area (Å²) in [5.74, 6) is 0.139. The molecule has 7 heteroatoms. The van der Waals surface area contributed by atoms with Gasteiger partial charge in [-0.15, -0.1) is 0 Å². The van der Waals surface area contributed by atoms with Gasteiger partial charge in [0.1, 0.15) is 11.7 Å². The number of para-hydroxylation sites is 1. The normalized spacial score (nSPS) is 11.1. The molecule has 0 atom stereocenters. The van der Waals surface area contributed by atoms with Crippen LogP contribution in [0.2, 0.25) is 0 Å². The first kappa shape index (κ1) is 20.1. The SMILES string of the molecule is CCN(C(=O)OC(C)(C)C)c1nc2cccc(C#N)c2c(=O)n1-c1ccccc1. The first-order chi connectivity index (χ1) is 13.8. The number of aromatic nitrogens is 2. The summed E-state index contributed by atoms with van der Waals surface area (Å²) in [7, 11) is 0. The van der Waals surface area contributed by atoms with Crippen LogP contribution in [0.25, 0.3) is 16.6 Å². The van der Waals surface area contributed by atoms with Crippen LogP contribution in [0, 0.1) is 11.3 Å². The Morgan fingerprint density at radius 1 is 1.17 bits per heavy atom. The molecule has 0 unspecified atom stereocenters. The minimum atomic E-state index is -0.701. The fourth-order valence-electron chi connectivity index (χ4n) is 2.97. The molecule has 0 fully saturated rings. The Morgan fingerprint density at radius 2 is 1.86 bits per heavy atom. The van der Waals surface area contributed by atoms with Crippen molar-refractivity contribution in [2.75, 3.05) is 11.4 Å². The van der Waals surface area contributed by atoms with Gasteiger partial charge < -0.3 is 4.74 Å². The molecule has 1 heterocycles. The summed E-state index contributed by atoms with van der Waals surface area (Å²) < 4.78 is 6.86. The largest absolute Gasteiger partial charge is 0.443 e. The number of benzene rings is 2. The third-order valence-electron chi connectivity index (χ3n) is 4.19. The first-order valence-electron chi connectivity index (χ1n) is 9.28. The van der Waals surface area contributed by atoms with E-state index < -0.39 is 17.3 Å². The molecule has 0 bridgehead atoms. The molecule has 0 N–H and O–H groups in total. The van der Waals surface area contributed by atoms with Gasteiger partial charge in [0.15, 0.2) is 0 Å². The minimum Gasteiger partial charge on any atom is -0.443 e. The van der Waals surface area contributed by atoms with Crippen molar-refractivity contribution >= 4 is 22.9 Å². The smallest absolute Gasteiger partial charge is 0.417 e. The third-order valence-corrected chi connectivity index (χ3v) is 4.19. The summed E-state index contributed by atoms with van der Waals surface area (Å²) in [6.07, 6.45) is -0.604. The van der Waals surface area contributed by atoms with E-state index in [1.807, 2.05) is 12.1 Å². The third kappa shape index (κ3) is 3.97. The second-order valence-electron chi connectivity index (χ2n) is 7.42. The molecule has 1 amide bonds. The highest BCUT2D eigenvalue weighted by Gasteiger charge is 2.27. The van der Waals surface area contributed by atoms with Crippen molar-refractivity contribution in [3.63, 3.8) is 0 Å². The predicted molar refractivity (Wildman–Crippen MR) is 111 cm³/mol. The van der Waals surface area contributed by atoms with E-state index in [1.54, 1.807) is 70.2 Å². The van der Waals surface area contributed by atoms with Crippen molar-refractivity contribution in [2.45, 2.75) is 33.3 Å². The fraction of sp³-hybridized carbons (Fsp3) is 0.273. The van der Waals surface area contributed by atoms with Crippen LogP contribution >= 0.6 is 0 Å². The molecule has 7 nitrogen and oxygen atoms in total. The van der Waals surface area contributed by atoms with Gasteiger partial charge in [-0.3, -0.25) is 4.79 Å². The van der Waals surface area contributed by atoms with Gasteiger partial charge in [0, 0.05) is 6.54 Å². The molecule has 3 rings (SSSR count). The van der Waals surface area contributed by atoms with E-state index in [-0.39, 0.29) is 23.4 Å². The maximum absolute atomic E-state index is 13.5. The topological polar surface area (TPSA) is 88.2 Å². The summed E-state index contributed by atoms with van der Waals surface area (Å²) in [6, 6.07) is 15.8. The number of rotatable bonds is 3. The number of ether oxygens (including phenoxy) is 1. The van der Waals surface area contributed by atoms with E-state index in [0.717, 1.165) is 0 Å². The second-order valence-corrected chi connectivity index (χ2v) is 7.42. The quantitative estimate of drug-likeness (QED) is 0.674. The average molecular weight is 390 g/mol. The summed E-state index contributed by atoms with van der Waals surface area (Å²) in [6.45, 7) is 7.35. The molecule has 3 aromatic rings. The van der Waals surface area contributed by atoms with Crippen molar-refractivity contribution in [1.82, 2.24) is 9.55 Å². The molecule has 148 valence electrons. The lowest BCUT2D eigenvalue weighted by molar-refractivity contribution is 0.0579. The Balaban J connectivity index is 2.35. The summed E-state index contributed by atoms with van der Waals surface area (Å²) in [5.41, 5.74) is -0.00508. The molecule has 0 radical (unpaired) electrons. The lowest BCUT2D eigenvalue weighted by Crippen LogP contribution is -2.40. The van der Waals surface area contributed by atoms with Gasteiger partial charge in [-0.2, -0.15) is 5.26 Å². The van der Waals surface area contributed by atoms with Gasteiger partial charge >= 0.3 is 6.09 Å². The average Bonchev–Trinajstić information content (AvgIpc) is 2.67. The molecule has 0 aliphatic rings. The zero-order valence-corrected chi connectivity index (χ0v) is 16.8. The maximum Gasteiger partial charge on any atom is 0.417 e. The Kier molecular flexibility index (Phi) is 5.37. The number of hydrogen-bond donors (Lipinski definition) is 0. The Morgan fingerprint density at radius 3 is 2.45 bits per heavy atom. The van der Waals surface area contributed by atoms with E-state index >= 15 is 0 Å². The fourth-order valence-corrected chi connectivity index (χ4v) is 2.97. The number of anilines is 1. The predicted octanol–water partition coefficient (Wildman–Crippen LogP) is 4.02. The molecule has 0 saturated heterocycles. The Hall–Kier alpha value is -3.66. The summed E-state index contributed by atoms with van der Waals surface area (Å²) in [4.78, 5) is 32.2. The number of nitrogens with zero attached hydrogens (tertiary/aromatic N) is 4. The molecule has 0 aliphatic heterocycles. The highest BCUT2D eigenvalue weighted by atomic mass is 16.6. The molecular formula is C22H22N4O3. The Labute approximate surface area is 168 Å². The van der Waals surface area contributed by atoms with Crippen LogP contribution in [0.15, 0.2) is 53.3 Å². The van der Waals surface area contributed by atoms with Crippen LogP contribution in [-0.2, 0) is 4.74 Å². The molecule has 1 aromatic heterocycles. The van der Waals surface area contributed by atoms with Gasteiger partial charge in [-0.25, -0.2) is 19.2 Å². The van der Waals surface area contributed by atoms with Crippen molar-refractivity contribution in [1.29, 1.82) is 5.26 Å². The lowest BCUT2D eigenvalue weighted by atomic mass is 10.1. The highest BCUT2D eigenvalue weighted by Crippen LogP contribution is 2.23. The van der Waals surface area contributed by atoms with Gasteiger partial charge in [0.2, 0.25) is 5.95 Å². The van der Waals surface area contributed by atoms with Crippen LogP contribution < -0.4 is 10.5 Å². The molecule has 29 heavy (non-hydrogen) atoms. The summed E-state index contributed by atoms with van der Waals surface area (Å²) >= 11 is 0. The molecule has 0 saturated carbocycles. The number of hydrogen-bond acceptors (Lipinski definition) is 5. The van der Waals surface area contributed by atoms with Crippen molar-refractivity contribution in [2.24, 2.45) is 0 Å². The first-order valence-corrected chi connectivity index (χ1v) is 9.28. The van der Waals surface area contributed by atoms with Gasteiger partial charge in [0.05, 0.1) is 22.2 Å². The van der Waals surface area contributed by atoms with Crippen LogP contribution in [0.4, 0.5) is 10.7 Å². The van der Waals surface area contributed by atoms with E-state index in [0.29, 0.717) is 11.2 Å². The zero-order chi connectivity index (χ0) is 21.2. The van der Waals surface area contributed by atoms with Crippen molar-refractivity contribution in [3.05, 3.63) is 64.4 Å². The van der Waals surface area contributed by atoms with Crippen LogP contribution in [0.3, 0.4) is 0 Å². The van der Waals surface area contributed by atoms with E-state index in [1.165, 1.54) is 9.47 Å². The highest BCUT2D eigenvalue weighted by molar-refractivity contribution is 5.90. The maximum atomic E-state index is 13.5. The van der Waals surface area contributed by atoms with E-state index in [4.69, 9.17) is 4.74 Å². The standard InChI is InChI=1S/C22H22N4O3/c1-5-25(21(28)29-22(2,3)4)20-24-17-13-9-10-15(14-23)18(17)19(27)26(20)16-11-7-6-8-12-16/h6-13H,5H2,1-4H3. The molecular weight excluding hydrogens is 368 g/mol. The minimum absolute atomic E-state index is 0.139. The van der Waals surface area contributed by atoms with Gasteiger partial charge in [-0.1, -0.05) is 24.3 Å². The second kappa shape index (κ2) is 7.76. The van der Waals surface area contributed by atoms with Gasteiger partial charge in [-0.05, 0) is 52.0 Å². The number of carbonyl (C=O) groups excluding carboxylic acids is 1. The number of amides is 1. The summed E-state index contributed by atoms with van der Waals surface area (Å²) in [5, 5.41) is 9.66. The lowest BCUT2D eigenvalue weighted by Gasteiger charge is -2.27. The molecule has 0 spiro atoms. The molecule has 0 aliphatic carbocycles. The van der Waals surface area contributed by atoms with Crippen LogP contribution in [0.1, 0.15) is 33.3 Å². The van der Waals surface area contributed by atoms with E-state index in [2.05, 4.69) is 4.98 Å². The van der Waals surface area contributed by atoms with Crippen molar-refractivity contribution in [3.8, 4) is 11.8 Å². The number of carbonyl (C=O) groups is 1. The Bertz CT molecular complexity index is 1150. The van der Waals surface area contributed by atoms with Crippen LogP contribution in [-0.4, -0.2) is 27.8 Å². The van der Waals surface area contributed by atoms with E-state index in [9.17, 15) is 14.9 Å². The number of nitriles is 1. The van der Waals surface area contributed by atoms with Crippen molar-refractivity contribution < 1.29 is 9.53 Å². The molecule has 2 aromatic carbocycles. The zero-order valence-electron chi connectivity index (χ0n) is 16.8. The van der Waals surface area contributed by atoms with Crippen LogP contribution in [0.5, 0.6) is 0 Å². The van der Waals surface area contributed by atoms with Gasteiger partial charge in [0.25, 0.3) is 5.56 Å². The monoisotopic (exact) mass is 390 g/mol. The number of fused-ring (bicyclic) bond motifs is 1.